The maximum atomic E-state index is 12.8. The minimum Gasteiger partial charge on any atom is -0.508 e. The van der Waals surface area contributed by atoms with Gasteiger partial charge in [0, 0.05) is 31.7 Å². The molecule has 2 amide bonds. The molecule has 0 aliphatic carbocycles. The third-order valence-corrected chi connectivity index (χ3v) is 4.59. The van der Waals surface area contributed by atoms with Crippen LogP contribution in [-0.2, 0) is 11.2 Å². The van der Waals surface area contributed by atoms with Crippen molar-refractivity contribution < 1.29 is 19.4 Å². The van der Waals surface area contributed by atoms with E-state index in [1.54, 1.807) is 28.9 Å². The van der Waals surface area contributed by atoms with Gasteiger partial charge in [-0.05, 0) is 48.7 Å². The van der Waals surface area contributed by atoms with E-state index in [-0.39, 0.29) is 17.7 Å². The Bertz CT molecular complexity index is 813. The number of rotatable bonds is 4. The summed E-state index contributed by atoms with van der Waals surface area (Å²) in [6, 6.07) is 14.7. The first kappa shape index (κ1) is 18.8. The van der Waals surface area contributed by atoms with Gasteiger partial charge >= 0.3 is 6.09 Å². The van der Waals surface area contributed by atoms with Gasteiger partial charge in [-0.2, -0.15) is 0 Å². The molecule has 1 N–H and O–H groups in total. The van der Waals surface area contributed by atoms with E-state index in [0.29, 0.717) is 44.8 Å². The maximum Gasteiger partial charge on any atom is 0.409 e. The van der Waals surface area contributed by atoms with Crippen molar-refractivity contribution in [3.8, 4) is 5.75 Å². The number of ether oxygens (including phenoxy) is 1. The molecule has 0 spiro atoms. The van der Waals surface area contributed by atoms with E-state index >= 15 is 0 Å². The molecular formula is C21H24N2O4. The zero-order valence-corrected chi connectivity index (χ0v) is 15.4. The monoisotopic (exact) mass is 368 g/mol. The maximum absolute atomic E-state index is 12.8. The first-order chi connectivity index (χ1) is 13.1. The first-order valence-electron chi connectivity index (χ1n) is 9.14. The number of nitrogens with zero attached hydrogens (tertiary/aromatic N) is 2. The molecule has 2 aromatic carbocycles. The Kier molecular flexibility index (Phi) is 5.96. The van der Waals surface area contributed by atoms with Crippen LogP contribution in [-0.4, -0.2) is 59.7 Å². The van der Waals surface area contributed by atoms with Crippen molar-refractivity contribution in [3.63, 3.8) is 0 Å². The van der Waals surface area contributed by atoms with E-state index in [9.17, 15) is 14.7 Å². The smallest absolute Gasteiger partial charge is 0.409 e. The SMILES string of the molecule is CCOC(=O)N1CCN(C(=O)c2cccc(Cc3cccc(O)c3)c2)CC1. The Balaban J connectivity index is 1.63. The summed E-state index contributed by atoms with van der Waals surface area (Å²) < 4.78 is 5.01. The Morgan fingerprint density at radius 1 is 0.963 bits per heavy atom. The van der Waals surface area contributed by atoms with Gasteiger partial charge in [-0.3, -0.25) is 4.79 Å². The van der Waals surface area contributed by atoms with Crippen LogP contribution in [0.25, 0.3) is 0 Å². The number of carbonyl (C=O) groups excluding carboxylic acids is 2. The van der Waals surface area contributed by atoms with Gasteiger partial charge in [-0.15, -0.1) is 0 Å². The van der Waals surface area contributed by atoms with Crippen molar-refractivity contribution in [1.29, 1.82) is 0 Å². The van der Waals surface area contributed by atoms with Crippen molar-refractivity contribution >= 4 is 12.0 Å². The summed E-state index contributed by atoms with van der Waals surface area (Å²) in [5.41, 5.74) is 2.64. The van der Waals surface area contributed by atoms with Crippen LogP contribution >= 0.6 is 0 Å². The zero-order valence-electron chi connectivity index (χ0n) is 15.4. The number of phenolic OH excluding ortho intramolecular Hbond substituents is 1. The highest BCUT2D eigenvalue weighted by molar-refractivity contribution is 5.94. The van der Waals surface area contributed by atoms with Gasteiger partial charge in [0.1, 0.15) is 5.75 Å². The van der Waals surface area contributed by atoms with Crippen molar-refractivity contribution in [2.24, 2.45) is 0 Å². The summed E-state index contributed by atoms with van der Waals surface area (Å²) in [5, 5.41) is 9.60. The third-order valence-electron chi connectivity index (χ3n) is 4.59. The van der Waals surface area contributed by atoms with Crippen LogP contribution in [0.2, 0.25) is 0 Å². The molecule has 27 heavy (non-hydrogen) atoms. The summed E-state index contributed by atoms with van der Waals surface area (Å²) in [6.07, 6.45) is 0.323. The highest BCUT2D eigenvalue weighted by Gasteiger charge is 2.25. The number of phenols is 1. The molecule has 0 saturated carbocycles. The summed E-state index contributed by atoms with van der Waals surface area (Å²) >= 11 is 0. The number of hydrogen-bond acceptors (Lipinski definition) is 4. The van der Waals surface area contributed by atoms with Gasteiger partial charge in [0.2, 0.25) is 0 Å². The highest BCUT2D eigenvalue weighted by Crippen LogP contribution is 2.17. The van der Waals surface area contributed by atoms with Gasteiger partial charge in [0.05, 0.1) is 6.61 Å². The first-order valence-corrected chi connectivity index (χ1v) is 9.14. The zero-order chi connectivity index (χ0) is 19.2. The molecule has 6 nitrogen and oxygen atoms in total. The summed E-state index contributed by atoms with van der Waals surface area (Å²) in [6.45, 7) is 4.08. The third kappa shape index (κ3) is 4.78. The van der Waals surface area contributed by atoms with Crippen molar-refractivity contribution in [2.75, 3.05) is 32.8 Å². The summed E-state index contributed by atoms with van der Waals surface area (Å²) in [4.78, 5) is 28.0. The lowest BCUT2D eigenvalue weighted by Crippen LogP contribution is -2.50. The molecule has 0 atom stereocenters. The van der Waals surface area contributed by atoms with Crippen LogP contribution in [0.4, 0.5) is 4.79 Å². The van der Waals surface area contributed by atoms with Gasteiger partial charge in [-0.25, -0.2) is 4.79 Å². The topological polar surface area (TPSA) is 70.1 Å². The van der Waals surface area contributed by atoms with E-state index in [2.05, 4.69) is 0 Å². The molecule has 1 aliphatic rings. The van der Waals surface area contributed by atoms with E-state index < -0.39 is 0 Å². The normalized spacial score (nSPS) is 14.1. The van der Waals surface area contributed by atoms with E-state index in [1.165, 1.54) is 0 Å². The summed E-state index contributed by atoms with van der Waals surface area (Å²) in [5.74, 6) is 0.204. The second-order valence-corrected chi connectivity index (χ2v) is 6.53. The van der Waals surface area contributed by atoms with Crippen LogP contribution in [0, 0.1) is 0 Å². The molecule has 0 unspecified atom stereocenters. The van der Waals surface area contributed by atoms with Gasteiger partial charge in [0.15, 0.2) is 0 Å². The van der Waals surface area contributed by atoms with Crippen LogP contribution in [0.1, 0.15) is 28.4 Å². The molecule has 1 heterocycles. The predicted octanol–water partition coefficient (Wildman–Crippen LogP) is 2.90. The second-order valence-electron chi connectivity index (χ2n) is 6.53. The lowest BCUT2D eigenvalue weighted by atomic mass is 10.0. The molecule has 1 saturated heterocycles. The van der Waals surface area contributed by atoms with Crippen LogP contribution in [0.5, 0.6) is 5.75 Å². The lowest BCUT2D eigenvalue weighted by Gasteiger charge is -2.34. The van der Waals surface area contributed by atoms with E-state index in [4.69, 9.17) is 4.74 Å². The number of benzene rings is 2. The minimum absolute atomic E-state index is 0.0312. The molecule has 6 heteroatoms. The number of carbonyl (C=O) groups is 2. The highest BCUT2D eigenvalue weighted by atomic mass is 16.6. The number of hydrogen-bond donors (Lipinski definition) is 1. The van der Waals surface area contributed by atoms with E-state index in [1.807, 2.05) is 36.4 Å². The Hall–Kier alpha value is -3.02. The van der Waals surface area contributed by atoms with Gasteiger partial charge in [-0.1, -0.05) is 24.3 Å². The van der Waals surface area contributed by atoms with Crippen molar-refractivity contribution in [2.45, 2.75) is 13.3 Å². The average Bonchev–Trinajstić information content (AvgIpc) is 2.68. The van der Waals surface area contributed by atoms with Crippen LogP contribution in [0.15, 0.2) is 48.5 Å². The van der Waals surface area contributed by atoms with Crippen LogP contribution in [0.3, 0.4) is 0 Å². The molecule has 142 valence electrons. The Morgan fingerprint density at radius 2 is 1.59 bits per heavy atom. The van der Waals surface area contributed by atoms with Crippen molar-refractivity contribution in [1.82, 2.24) is 9.80 Å². The largest absolute Gasteiger partial charge is 0.508 e. The average molecular weight is 368 g/mol. The molecule has 1 fully saturated rings. The minimum atomic E-state index is -0.322. The second kappa shape index (κ2) is 8.58. The molecule has 2 aromatic rings. The predicted molar refractivity (Wildman–Crippen MR) is 102 cm³/mol. The molecule has 0 aromatic heterocycles. The molecular weight excluding hydrogens is 344 g/mol. The fraction of sp³-hybridized carbons (Fsp3) is 0.333. The quantitative estimate of drug-likeness (QED) is 0.901. The fourth-order valence-electron chi connectivity index (χ4n) is 3.21. The standard InChI is InChI=1S/C21H24N2O4/c1-2-27-21(26)23-11-9-22(10-12-23)20(25)18-7-3-5-16(14-18)13-17-6-4-8-19(24)15-17/h3-8,14-15,24H,2,9-13H2,1H3. The molecule has 3 rings (SSSR count). The summed E-state index contributed by atoms with van der Waals surface area (Å²) in [7, 11) is 0. The molecule has 1 aliphatic heterocycles. The van der Waals surface area contributed by atoms with Crippen LogP contribution < -0.4 is 0 Å². The number of aromatic hydroxyl groups is 1. The molecule has 0 radical (unpaired) electrons. The van der Waals surface area contributed by atoms with Gasteiger partial charge in [0.25, 0.3) is 5.91 Å². The van der Waals surface area contributed by atoms with Crippen molar-refractivity contribution in [3.05, 3.63) is 65.2 Å². The van der Waals surface area contributed by atoms with Gasteiger partial charge < -0.3 is 19.6 Å². The fourth-order valence-corrected chi connectivity index (χ4v) is 3.21. The Morgan fingerprint density at radius 3 is 2.26 bits per heavy atom. The number of amides is 2. The molecule has 0 bridgehead atoms. The lowest BCUT2D eigenvalue weighted by molar-refractivity contribution is 0.0570. The Labute approximate surface area is 159 Å². The number of piperazine rings is 1. The van der Waals surface area contributed by atoms with E-state index in [0.717, 1.165) is 11.1 Å².